The summed E-state index contributed by atoms with van der Waals surface area (Å²) < 4.78 is 38.4. The minimum absolute atomic E-state index is 0.200. The van der Waals surface area contributed by atoms with Crippen LogP contribution in [0.3, 0.4) is 0 Å². The zero-order valence-corrected chi connectivity index (χ0v) is 18.8. The summed E-state index contributed by atoms with van der Waals surface area (Å²) in [6.45, 7) is 2.59. The van der Waals surface area contributed by atoms with Crippen LogP contribution in [0.2, 0.25) is 0 Å². The third kappa shape index (κ3) is 3.47. The lowest BCUT2D eigenvalue weighted by molar-refractivity contribution is -0.102. The van der Waals surface area contributed by atoms with Gasteiger partial charge in [-0.2, -0.15) is 0 Å². The molecule has 1 atom stereocenters. The molecule has 7 nitrogen and oxygen atoms in total. The van der Waals surface area contributed by atoms with Crippen molar-refractivity contribution in [3.8, 4) is 17.0 Å². The second-order valence-electron chi connectivity index (χ2n) is 8.46. The van der Waals surface area contributed by atoms with Crippen LogP contribution in [-0.4, -0.2) is 56.7 Å². The fourth-order valence-corrected chi connectivity index (χ4v) is 4.75. The van der Waals surface area contributed by atoms with E-state index in [-0.39, 0.29) is 13.0 Å². The summed E-state index contributed by atoms with van der Waals surface area (Å²) in [5.74, 6) is -2.53. The molecule has 1 fully saturated rings. The van der Waals surface area contributed by atoms with Gasteiger partial charge in [0, 0.05) is 36.8 Å². The Hall–Kier alpha value is -3.33. The van der Waals surface area contributed by atoms with E-state index in [1.54, 1.807) is 37.5 Å². The van der Waals surface area contributed by atoms with Crippen molar-refractivity contribution in [2.75, 3.05) is 26.7 Å². The summed E-state index contributed by atoms with van der Waals surface area (Å²) >= 11 is 0. The molecule has 0 aliphatic carbocycles. The number of halogens is 2. The number of ether oxygens (including phenoxy) is 1. The molecule has 172 valence electrons. The number of benzene rings is 1. The SMILES string of the molecule is CCN1CC[C@@H](n2c(=O)n(C)c3cnc4ccc(-c5ccc(OC)nc5)cc4c32)C(F)(F)C1. The Balaban J connectivity index is 1.73. The minimum Gasteiger partial charge on any atom is -0.481 e. The maximum Gasteiger partial charge on any atom is 0.329 e. The normalized spacial score (nSPS) is 18.8. The predicted molar refractivity (Wildman–Crippen MR) is 123 cm³/mol. The Kier molecular flexibility index (Phi) is 5.16. The maximum atomic E-state index is 15.3. The molecule has 0 saturated carbocycles. The van der Waals surface area contributed by atoms with Crippen LogP contribution in [0.15, 0.2) is 47.5 Å². The average Bonchev–Trinajstić information content (AvgIpc) is 3.08. The highest BCUT2D eigenvalue weighted by Gasteiger charge is 2.46. The van der Waals surface area contributed by atoms with Crippen LogP contribution >= 0.6 is 0 Å². The van der Waals surface area contributed by atoms with Crippen molar-refractivity contribution in [1.29, 1.82) is 0 Å². The molecule has 0 spiro atoms. The summed E-state index contributed by atoms with van der Waals surface area (Å²) in [5.41, 5.74) is 2.91. The highest BCUT2D eigenvalue weighted by molar-refractivity contribution is 6.04. The number of hydrogen-bond acceptors (Lipinski definition) is 5. The van der Waals surface area contributed by atoms with E-state index < -0.39 is 17.7 Å². The number of likely N-dealkylation sites (tertiary alicyclic amines) is 1. The van der Waals surface area contributed by atoms with E-state index in [4.69, 9.17) is 4.74 Å². The number of fused-ring (bicyclic) bond motifs is 3. The lowest BCUT2D eigenvalue weighted by Crippen LogP contribution is -2.50. The molecule has 5 rings (SSSR count). The molecule has 1 aliphatic rings. The van der Waals surface area contributed by atoms with Crippen LogP contribution in [0.1, 0.15) is 19.4 Å². The molecule has 4 aromatic rings. The molecule has 33 heavy (non-hydrogen) atoms. The molecule has 3 aromatic heterocycles. The molecule has 0 amide bonds. The summed E-state index contributed by atoms with van der Waals surface area (Å²) in [6.07, 6.45) is 3.48. The number of aromatic nitrogens is 4. The Bertz CT molecular complexity index is 1390. The topological polar surface area (TPSA) is 65.2 Å². The van der Waals surface area contributed by atoms with Crippen molar-refractivity contribution < 1.29 is 13.5 Å². The summed E-state index contributed by atoms with van der Waals surface area (Å²) in [6, 6.07) is 8.07. The quantitative estimate of drug-likeness (QED) is 0.470. The Morgan fingerprint density at radius 1 is 1.15 bits per heavy atom. The smallest absolute Gasteiger partial charge is 0.329 e. The Labute approximate surface area is 189 Å². The number of pyridine rings is 2. The van der Waals surface area contributed by atoms with Crippen LogP contribution in [-0.2, 0) is 7.05 Å². The van der Waals surface area contributed by atoms with Gasteiger partial charge in [-0.3, -0.25) is 19.0 Å². The van der Waals surface area contributed by atoms with Gasteiger partial charge in [0.15, 0.2) is 0 Å². The van der Waals surface area contributed by atoms with Gasteiger partial charge in [-0.25, -0.2) is 18.6 Å². The van der Waals surface area contributed by atoms with E-state index >= 15 is 8.78 Å². The number of imidazole rings is 1. The standard InChI is InChI=1S/C24H25F2N5O2/c1-4-30-10-9-20(24(25,26)14-30)31-22-17-11-15(16-6-8-21(33-3)28-12-16)5-7-18(17)27-13-19(22)29(2)23(31)32/h5-8,11-13,20H,4,9-10,14H2,1-3H3/t20-/m1/s1. The molecule has 0 N–H and O–H groups in total. The summed E-state index contributed by atoms with van der Waals surface area (Å²) in [7, 11) is 3.15. The number of rotatable bonds is 4. The molecule has 1 saturated heterocycles. The van der Waals surface area contributed by atoms with Gasteiger partial charge < -0.3 is 4.74 Å². The van der Waals surface area contributed by atoms with E-state index in [0.29, 0.717) is 40.9 Å². The van der Waals surface area contributed by atoms with Gasteiger partial charge in [-0.05, 0) is 36.7 Å². The minimum atomic E-state index is -3.03. The fraction of sp³-hybridized carbons (Fsp3) is 0.375. The number of piperidine rings is 1. The zero-order valence-electron chi connectivity index (χ0n) is 18.8. The third-order valence-electron chi connectivity index (χ3n) is 6.59. The number of methoxy groups -OCH3 is 1. The second kappa shape index (κ2) is 7.91. The van der Waals surface area contributed by atoms with E-state index in [1.165, 1.54) is 9.13 Å². The average molecular weight is 453 g/mol. The Morgan fingerprint density at radius 3 is 2.61 bits per heavy atom. The number of hydrogen-bond donors (Lipinski definition) is 0. The van der Waals surface area contributed by atoms with Crippen LogP contribution in [0.5, 0.6) is 5.88 Å². The van der Waals surface area contributed by atoms with Crippen LogP contribution in [0.25, 0.3) is 33.1 Å². The van der Waals surface area contributed by atoms with Gasteiger partial charge in [-0.15, -0.1) is 0 Å². The van der Waals surface area contributed by atoms with Gasteiger partial charge in [-0.1, -0.05) is 13.0 Å². The molecule has 0 bridgehead atoms. The third-order valence-corrected chi connectivity index (χ3v) is 6.59. The number of aryl methyl sites for hydroxylation is 1. The molecule has 0 radical (unpaired) electrons. The largest absolute Gasteiger partial charge is 0.481 e. The van der Waals surface area contributed by atoms with Crippen molar-refractivity contribution in [2.24, 2.45) is 7.05 Å². The van der Waals surface area contributed by atoms with Crippen molar-refractivity contribution in [1.82, 2.24) is 24.0 Å². The lowest BCUT2D eigenvalue weighted by atomic mass is 9.99. The highest BCUT2D eigenvalue weighted by Crippen LogP contribution is 2.39. The van der Waals surface area contributed by atoms with Crippen molar-refractivity contribution >= 4 is 21.9 Å². The lowest BCUT2D eigenvalue weighted by Gasteiger charge is -2.38. The fourth-order valence-electron chi connectivity index (χ4n) is 4.75. The van der Waals surface area contributed by atoms with Crippen molar-refractivity contribution in [2.45, 2.75) is 25.3 Å². The maximum absolute atomic E-state index is 15.3. The number of alkyl halides is 2. The van der Waals surface area contributed by atoms with Crippen molar-refractivity contribution in [3.05, 3.63) is 53.2 Å². The van der Waals surface area contributed by atoms with E-state index in [0.717, 1.165) is 11.1 Å². The van der Waals surface area contributed by atoms with E-state index in [1.807, 2.05) is 31.2 Å². The van der Waals surface area contributed by atoms with E-state index in [2.05, 4.69) is 9.97 Å². The first-order chi connectivity index (χ1) is 15.8. The molecular weight excluding hydrogens is 428 g/mol. The predicted octanol–water partition coefficient (Wildman–Crippen LogP) is 3.86. The first-order valence-electron chi connectivity index (χ1n) is 10.9. The van der Waals surface area contributed by atoms with E-state index in [9.17, 15) is 4.79 Å². The number of nitrogens with zero attached hydrogens (tertiary/aromatic N) is 5. The van der Waals surface area contributed by atoms with Crippen molar-refractivity contribution in [3.63, 3.8) is 0 Å². The molecular formula is C24H25F2N5O2. The zero-order chi connectivity index (χ0) is 23.3. The van der Waals surface area contributed by atoms with Crippen LogP contribution < -0.4 is 10.4 Å². The molecule has 9 heteroatoms. The van der Waals surface area contributed by atoms with Crippen LogP contribution in [0.4, 0.5) is 8.78 Å². The van der Waals surface area contributed by atoms with Gasteiger partial charge in [0.25, 0.3) is 5.92 Å². The Morgan fingerprint density at radius 2 is 1.94 bits per heavy atom. The van der Waals surface area contributed by atoms with Crippen LogP contribution in [0, 0.1) is 0 Å². The van der Waals surface area contributed by atoms with Gasteiger partial charge in [0.05, 0.1) is 36.4 Å². The van der Waals surface area contributed by atoms with Gasteiger partial charge >= 0.3 is 5.69 Å². The molecule has 1 aliphatic heterocycles. The molecule has 4 heterocycles. The highest BCUT2D eigenvalue weighted by atomic mass is 19.3. The summed E-state index contributed by atoms with van der Waals surface area (Å²) in [4.78, 5) is 23.7. The molecule has 1 aromatic carbocycles. The second-order valence-corrected chi connectivity index (χ2v) is 8.46. The summed E-state index contributed by atoms with van der Waals surface area (Å²) in [5, 5.41) is 0.659. The van der Waals surface area contributed by atoms with Gasteiger partial charge in [0.2, 0.25) is 5.88 Å². The van der Waals surface area contributed by atoms with Gasteiger partial charge in [0.1, 0.15) is 6.04 Å². The first kappa shape index (κ1) is 21.5. The first-order valence-corrected chi connectivity index (χ1v) is 10.9. The molecule has 0 unspecified atom stereocenters. The monoisotopic (exact) mass is 453 g/mol.